The first-order valence-corrected chi connectivity index (χ1v) is 14.5. The van der Waals surface area contributed by atoms with Crippen LogP contribution in [0.25, 0.3) is 0 Å². The average Bonchev–Trinajstić information content (AvgIpc) is 3.28. The molecule has 6 aliphatic rings. The Kier molecular flexibility index (Phi) is 5.39. The van der Waals surface area contributed by atoms with E-state index in [-0.39, 0.29) is 27.9 Å². The SMILES string of the molecule is COc1ccc2c3c1O[C@@H]1C34CCN(C)[C@H](C2)C42CC[C@@]1(OC)[C@@H](COCc1ccc(C(C)(C)C)cc1)C2. The van der Waals surface area contributed by atoms with Gasteiger partial charge in [0.2, 0.25) is 0 Å². The van der Waals surface area contributed by atoms with Gasteiger partial charge in [-0.15, -0.1) is 0 Å². The van der Waals surface area contributed by atoms with Crippen molar-refractivity contribution in [3.63, 3.8) is 0 Å². The quantitative estimate of drug-likeness (QED) is 0.495. The van der Waals surface area contributed by atoms with Crippen LogP contribution < -0.4 is 9.47 Å². The van der Waals surface area contributed by atoms with Gasteiger partial charge in [0.05, 0.1) is 20.3 Å². The summed E-state index contributed by atoms with van der Waals surface area (Å²) in [7, 11) is 6.02. The summed E-state index contributed by atoms with van der Waals surface area (Å²) in [6, 6.07) is 13.9. The molecule has 38 heavy (non-hydrogen) atoms. The van der Waals surface area contributed by atoms with Crippen molar-refractivity contribution in [2.75, 3.05) is 34.4 Å². The maximum absolute atomic E-state index is 7.07. The van der Waals surface area contributed by atoms with Crippen LogP contribution in [0.2, 0.25) is 0 Å². The molecule has 0 amide bonds. The zero-order valence-corrected chi connectivity index (χ0v) is 23.9. The van der Waals surface area contributed by atoms with E-state index in [0.717, 1.165) is 43.7 Å². The minimum Gasteiger partial charge on any atom is -0.493 e. The highest BCUT2D eigenvalue weighted by Gasteiger charge is 2.80. The molecule has 0 radical (unpaired) electrons. The third-order valence-corrected chi connectivity index (χ3v) is 11.4. The van der Waals surface area contributed by atoms with E-state index in [2.05, 4.69) is 69.1 Å². The Morgan fingerprint density at radius 3 is 2.53 bits per heavy atom. The van der Waals surface area contributed by atoms with Gasteiger partial charge in [-0.2, -0.15) is 0 Å². The molecule has 2 aliphatic heterocycles. The highest BCUT2D eigenvalue weighted by atomic mass is 16.6. The zero-order valence-electron chi connectivity index (χ0n) is 23.9. The number of nitrogens with zero attached hydrogens (tertiary/aromatic N) is 1. The number of benzene rings is 2. The Morgan fingerprint density at radius 2 is 1.82 bits per heavy atom. The lowest BCUT2D eigenvalue weighted by molar-refractivity contribution is -0.282. The number of fused-ring (bicyclic) bond motifs is 2. The molecule has 4 fully saturated rings. The van der Waals surface area contributed by atoms with Crippen LogP contribution in [-0.4, -0.2) is 57.1 Å². The second-order valence-electron chi connectivity index (χ2n) is 13.7. The normalized spacial score (nSPS) is 36.6. The second kappa shape index (κ2) is 8.22. The molecule has 8 rings (SSSR count). The van der Waals surface area contributed by atoms with Crippen molar-refractivity contribution < 1.29 is 18.9 Å². The Bertz CT molecular complexity index is 1250. The summed E-state index contributed by atoms with van der Waals surface area (Å²) in [5.74, 6) is 2.16. The Hall–Kier alpha value is -2.08. The molecule has 5 nitrogen and oxygen atoms in total. The number of hydrogen-bond donors (Lipinski definition) is 0. The highest BCUT2D eigenvalue weighted by Crippen LogP contribution is 2.76. The number of piperidine rings is 1. The first-order valence-electron chi connectivity index (χ1n) is 14.5. The molecule has 2 heterocycles. The van der Waals surface area contributed by atoms with Crippen molar-refractivity contribution in [1.29, 1.82) is 0 Å². The second-order valence-corrected chi connectivity index (χ2v) is 13.7. The largest absolute Gasteiger partial charge is 0.493 e. The van der Waals surface area contributed by atoms with E-state index in [1.807, 2.05) is 7.11 Å². The monoisotopic (exact) mass is 517 g/mol. The van der Waals surface area contributed by atoms with Gasteiger partial charge in [-0.1, -0.05) is 51.1 Å². The van der Waals surface area contributed by atoms with Crippen molar-refractivity contribution in [3.8, 4) is 11.5 Å². The summed E-state index contributed by atoms with van der Waals surface area (Å²) in [5, 5.41) is 0. The van der Waals surface area contributed by atoms with Crippen LogP contribution in [0.4, 0.5) is 0 Å². The lowest BCUT2D eigenvalue weighted by Gasteiger charge is -2.73. The van der Waals surface area contributed by atoms with Crippen LogP contribution in [0.5, 0.6) is 11.5 Å². The molecule has 2 aromatic rings. The summed E-state index contributed by atoms with van der Waals surface area (Å²) in [6.07, 6.45) is 5.57. The van der Waals surface area contributed by atoms with E-state index >= 15 is 0 Å². The summed E-state index contributed by atoms with van der Waals surface area (Å²) < 4.78 is 26.1. The minimum absolute atomic E-state index is 0.00344. The number of likely N-dealkylation sites (N-methyl/N-ethyl adjacent to an activating group) is 1. The fraction of sp³-hybridized carbons (Fsp3) is 0.636. The van der Waals surface area contributed by atoms with Crippen molar-refractivity contribution in [2.45, 2.75) is 88.1 Å². The van der Waals surface area contributed by atoms with Crippen LogP contribution in [0.15, 0.2) is 36.4 Å². The summed E-state index contributed by atoms with van der Waals surface area (Å²) in [5.41, 5.74) is 5.47. The highest BCUT2D eigenvalue weighted by molar-refractivity contribution is 5.63. The first kappa shape index (κ1) is 24.9. The molecule has 0 aromatic heterocycles. The van der Waals surface area contributed by atoms with Gasteiger partial charge in [0.15, 0.2) is 11.5 Å². The fourth-order valence-electron chi connectivity index (χ4n) is 9.60. The summed E-state index contributed by atoms with van der Waals surface area (Å²) in [6.45, 7) is 9.20. The van der Waals surface area contributed by atoms with Crippen molar-refractivity contribution in [3.05, 3.63) is 58.7 Å². The van der Waals surface area contributed by atoms with Crippen LogP contribution in [0.3, 0.4) is 0 Å². The Labute approximate surface area is 227 Å². The third-order valence-electron chi connectivity index (χ3n) is 11.4. The van der Waals surface area contributed by atoms with Gasteiger partial charge >= 0.3 is 0 Å². The molecule has 5 heteroatoms. The summed E-state index contributed by atoms with van der Waals surface area (Å²) in [4.78, 5) is 2.65. The van der Waals surface area contributed by atoms with E-state index < -0.39 is 0 Å². The maximum atomic E-state index is 7.07. The van der Waals surface area contributed by atoms with Gasteiger partial charge in [-0.3, -0.25) is 0 Å². The summed E-state index contributed by atoms with van der Waals surface area (Å²) >= 11 is 0. The molecule has 4 aliphatic carbocycles. The predicted molar refractivity (Wildman–Crippen MR) is 148 cm³/mol. The molecule has 4 bridgehead atoms. The third kappa shape index (κ3) is 2.99. The van der Waals surface area contributed by atoms with Crippen LogP contribution in [0.1, 0.15) is 68.7 Å². The minimum atomic E-state index is -0.350. The molecule has 1 saturated heterocycles. The Balaban J connectivity index is 1.23. The number of methoxy groups -OCH3 is 2. The van der Waals surface area contributed by atoms with E-state index in [1.54, 1.807) is 7.11 Å². The van der Waals surface area contributed by atoms with Gasteiger partial charge in [0.25, 0.3) is 0 Å². The van der Waals surface area contributed by atoms with Gasteiger partial charge < -0.3 is 23.8 Å². The predicted octanol–water partition coefficient (Wildman–Crippen LogP) is 5.65. The van der Waals surface area contributed by atoms with Crippen molar-refractivity contribution in [2.24, 2.45) is 11.3 Å². The first-order chi connectivity index (χ1) is 18.2. The van der Waals surface area contributed by atoms with Crippen molar-refractivity contribution >= 4 is 0 Å². The van der Waals surface area contributed by atoms with Crippen LogP contribution >= 0.6 is 0 Å². The van der Waals surface area contributed by atoms with Crippen molar-refractivity contribution in [1.82, 2.24) is 4.90 Å². The number of likely N-dealkylation sites (tertiary alicyclic amines) is 1. The molecular formula is C33H43NO4. The molecule has 2 unspecified atom stereocenters. The smallest absolute Gasteiger partial charge is 0.165 e. The molecule has 2 aromatic carbocycles. The number of ether oxygens (including phenoxy) is 4. The molecule has 2 spiro atoms. The Morgan fingerprint density at radius 1 is 1.03 bits per heavy atom. The zero-order chi connectivity index (χ0) is 26.5. The standard InChI is InChI=1S/C33H43NO4/c1-30(2,3)23-10-7-21(8-11-23)19-37-20-24-18-31-13-14-33(24,36-6)29-32(31)15-16-34(4)26(31)17-22-9-12-25(35-5)28(38-29)27(22)32/h7-12,24,26,29H,13-20H2,1-6H3/t24-,26-,29-,31?,32?,33-/m1/s1. The van der Waals surface area contributed by atoms with Gasteiger partial charge in [0, 0.05) is 35.5 Å². The van der Waals surface area contributed by atoms with Gasteiger partial charge in [-0.25, -0.2) is 0 Å². The number of hydrogen-bond acceptors (Lipinski definition) is 5. The molecule has 0 N–H and O–H groups in total. The van der Waals surface area contributed by atoms with Gasteiger partial charge in [-0.05, 0) is 73.9 Å². The maximum Gasteiger partial charge on any atom is 0.165 e. The van der Waals surface area contributed by atoms with Crippen LogP contribution in [-0.2, 0) is 33.3 Å². The number of rotatable bonds is 6. The fourth-order valence-corrected chi connectivity index (χ4v) is 9.60. The lowest BCUT2D eigenvalue weighted by atomic mass is 9.35. The molecule has 204 valence electrons. The van der Waals surface area contributed by atoms with E-state index in [4.69, 9.17) is 18.9 Å². The molecule has 6 atom stereocenters. The lowest BCUT2D eigenvalue weighted by Crippen LogP contribution is -2.81. The van der Waals surface area contributed by atoms with E-state index in [0.29, 0.717) is 25.2 Å². The topological polar surface area (TPSA) is 40.2 Å². The average molecular weight is 518 g/mol. The van der Waals surface area contributed by atoms with Crippen LogP contribution in [0, 0.1) is 11.3 Å². The molecule has 3 saturated carbocycles. The van der Waals surface area contributed by atoms with Gasteiger partial charge in [0.1, 0.15) is 11.7 Å². The molecular weight excluding hydrogens is 474 g/mol. The van der Waals surface area contributed by atoms with E-state index in [9.17, 15) is 0 Å². The van der Waals surface area contributed by atoms with E-state index in [1.165, 1.54) is 28.7 Å².